The van der Waals surface area contributed by atoms with Crippen LogP contribution in [0, 0.1) is 5.82 Å². The van der Waals surface area contributed by atoms with Gasteiger partial charge in [-0.1, -0.05) is 18.2 Å². The van der Waals surface area contributed by atoms with Crippen molar-refractivity contribution in [2.45, 2.75) is 30.2 Å². The van der Waals surface area contributed by atoms with E-state index in [1.807, 2.05) is 18.2 Å². The maximum absolute atomic E-state index is 12.9. The Kier molecular flexibility index (Phi) is 5.30. The number of carbonyl (C=O) groups is 2. The Morgan fingerprint density at radius 1 is 1.08 bits per heavy atom. The largest absolute Gasteiger partial charge is 0.349 e. The average molecular weight is 343 g/mol. The first-order valence-electron chi connectivity index (χ1n) is 7.93. The van der Waals surface area contributed by atoms with Crippen LogP contribution < -0.4 is 5.32 Å². The molecule has 0 saturated carbocycles. The van der Waals surface area contributed by atoms with Gasteiger partial charge in [0.05, 0.1) is 6.04 Å². The van der Waals surface area contributed by atoms with Crippen molar-refractivity contribution in [3.8, 4) is 0 Å². The molecule has 3 nitrogen and oxygen atoms in total. The number of hydrogen-bond donors (Lipinski definition) is 1. The molecule has 1 aliphatic heterocycles. The van der Waals surface area contributed by atoms with Crippen molar-refractivity contribution < 1.29 is 14.0 Å². The summed E-state index contributed by atoms with van der Waals surface area (Å²) in [7, 11) is 0. The predicted octanol–water partition coefficient (Wildman–Crippen LogP) is 4.14. The Bertz CT molecular complexity index is 745. The van der Waals surface area contributed by atoms with Crippen LogP contribution in [0.1, 0.15) is 41.2 Å². The number of benzene rings is 2. The fourth-order valence-corrected chi connectivity index (χ4v) is 3.89. The summed E-state index contributed by atoms with van der Waals surface area (Å²) in [5.74, 6) is 0.316. The number of nitrogens with one attached hydrogen (secondary N) is 1. The van der Waals surface area contributed by atoms with Crippen molar-refractivity contribution >= 4 is 23.5 Å². The van der Waals surface area contributed by atoms with Crippen LogP contribution in [0.3, 0.4) is 0 Å². The van der Waals surface area contributed by atoms with E-state index in [0.29, 0.717) is 5.56 Å². The van der Waals surface area contributed by atoms with E-state index in [1.54, 1.807) is 11.8 Å². The number of Topliss-reactive ketones (excluding diaryl/α,β-unsaturated/α-hetero) is 1. The van der Waals surface area contributed by atoms with Crippen LogP contribution in [-0.2, 0) is 4.79 Å². The molecule has 0 radical (unpaired) electrons. The van der Waals surface area contributed by atoms with Gasteiger partial charge in [-0.3, -0.25) is 9.59 Å². The Morgan fingerprint density at radius 2 is 1.83 bits per heavy atom. The van der Waals surface area contributed by atoms with E-state index >= 15 is 0 Å². The maximum Gasteiger partial charge on any atom is 0.220 e. The fraction of sp³-hybridized carbons (Fsp3) is 0.263. The van der Waals surface area contributed by atoms with Crippen LogP contribution in [0.2, 0.25) is 0 Å². The molecule has 0 saturated heterocycles. The van der Waals surface area contributed by atoms with Gasteiger partial charge < -0.3 is 5.32 Å². The smallest absolute Gasteiger partial charge is 0.220 e. The Labute approximate surface area is 144 Å². The number of ketones is 1. The third kappa shape index (κ3) is 4.03. The van der Waals surface area contributed by atoms with Gasteiger partial charge in [0.1, 0.15) is 5.82 Å². The van der Waals surface area contributed by atoms with Gasteiger partial charge in [-0.15, -0.1) is 11.8 Å². The third-order valence-corrected chi connectivity index (χ3v) is 5.16. The molecule has 24 heavy (non-hydrogen) atoms. The molecule has 1 heterocycles. The number of rotatable bonds is 5. The highest BCUT2D eigenvalue weighted by molar-refractivity contribution is 7.99. The van der Waals surface area contributed by atoms with Crippen LogP contribution in [0.4, 0.5) is 4.39 Å². The molecule has 2 aromatic carbocycles. The Morgan fingerprint density at radius 3 is 2.62 bits per heavy atom. The number of halogens is 1. The number of amides is 1. The van der Waals surface area contributed by atoms with Gasteiger partial charge in [0, 0.05) is 29.1 Å². The van der Waals surface area contributed by atoms with E-state index in [4.69, 9.17) is 0 Å². The van der Waals surface area contributed by atoms with E-state index in [0.717, 1.165) is 17.7 Å². The summed E-state index contributed by atoms with van der Waals surface area (Å²) < 4.78 is 12.9. The lowest BCUT2D eigenvalue weighted by atomic mass is 10.0. The minimum absolute atomic E-state index is 0.0101. The van der Waals surface area contributed by atoms with Crippen molar-refractivity contribution in [3.63, 3.8) is 0 Å². The lowest BCUT2D eigenvalue weighted by molar-refractivity contribution is -0.121. The van der Waals surface area contributed by atoms with Crippen LogP contribution in [0.15, 0.2) is 53.4 Å². The van der Waals surface area contributed by atoms with Gasteiger partial charge in [0.15, 0.2) is 5.78 Å². The number of fused-ring (bicyclic) bond motifs is 1. The van der Waals surface area contributed by atoms with E-state index in [9.17, 15) is 14.0 Å². The van der Waals surface area contributed by atoms with Gasteiger partial charge in [-0.25, -0.2) is 4.39 Å². The van der Waals surface area contributed by atoms with Crippen LogP contribution >= 0.6 is 11.8 Å². The predicted molar refractivity (Wildman–Crippen MR) is 92.6 cm³/mol. The molecule has 124 valence electrons. The first kappa shape index (κ1) is 16.7. The molecule has 1 atom stereocenters. The molecule has 3 rings (SSSR count). The number of carbonyl (C=O) groups excluding carboxylic acids is 2. The molecule has 1 aliphatic rings. The highest BCUT2D eigenvalue weighted by Crippen LogP contribution is 2.35. The summed E-state index contributed by atoms with van der Waals surface area (Å²) in [4.78, 5) is 25.4. The lowest BCUT2D eigenvalue weighted by Crippen LogP contribution is -2.30. The van der Waals surface area contributed by atoms with E-state index in [2.05, 4.69) is 11.4 Å². The van der Waals surface area contributed by atoms with Crippen molar-refractivity contribution in [1.29, 1.82) is 0 Å². The second-order valence-electron chi connectivity index (χ2n) is 5.73. The molecular weight excluding hydrogens is 325 g/mol. The van der Waals surface area contributed by atoms with Gasteiger partial charge in [0.25, 0.3) is 0 Å². The zero-order valence-electron chi connectivity index (χ0n) is 13.1. The second kappa shape index (κ2) is 7.62. The van der Waals surface area contributed by atoms with Crippen LogP contribution in [0.5, 0.6) is 0 Å². The Balaban J connectivity index is 1.55. The summed E-state index contributed by atoms with van der Waals surface area (Å²) in [6.07, 6.45) is 1.15. The molecule has 0 aromatic heterocycles. The molecule has 0 bridgehead atoms. The SMILES string of the molecule is O=C(CCC(=O)c1ccc(F)cc1)N[C@@H]1CCSc2ccccc21. The van der Waals surface area contributed by atoms with Crippen molar-refractivity contribution in [3.05, 3.63) is 65.5 Å². The summed E-state index contributed by atoms with van der Waals surface area (Å²) in [6, 6.07) is 13.5. The summed E-state index contributed by atoms with van der Waals surface area (Å²) >= 11 is 1.80. The topological polar surface area (TPSA) is 46.2 Å². The molecule has 0 spiro atoms. The van der Waals surface area contributed by atoms with Gasteiger partial charge in [0.2, 0.25) is 5.91 Å². The fourth-order valence-electron chi connectivity index (χ4n) is 2.77. The molecule has 2 aromatic rings. The van der Waals surface area contributed by atoms with E-state index < -0.39 is 0 Å². The molecular formula is C19H18FNO2S. The van der Waals surface area contributed by atoms with Gasteiger partial charge in [-0.2, -0.15) is 0 Å². The quantitative estimate of drug-likeness (QED) is 0.830. The lowest BCUT2D eigenvalue weighted by Gasteiger charge is -2.25. The summed E-state index contributed by atoms with van der Waals surface area (Å²) in [5.41, 5.74) is 1.58. The minimum atomic E-state index is -0.377. The van der Waals surface area contributed by atoms with E-state index in [-0.39, 0.29) is 36.4 Å². The second-order valence-corrected chi connectivity index (χ2v) is 6.86. The molecule has 0 aliphatic carbocycles. The highest BCUT2D eigenvalue weighted by atomic mass is 32.2. The average Bonchev–Trinajstić information content (AvgIpc) is 2.61. The van der Waals surface area contributed by atoms with Crippen LogP contribution in [0.25, 0.3) is 0 Å². The maximum atomic E-state index is 12.9. The van der Waals surface area contributed by atoms with Crippen molar-refractivity contribution in [2.24, 2.45) is 0 Å². The van der Waals surface area contributed by atoms with Crippen molar-refractivity contribution in [1.82, 2.24) is 5.32 Å². The van der Waals surface area contributed by atoms with E-state index in [1.165, 1.54) is 29.2 Å². The molecule has 0 unspecified atom stereocenters. The monoisotopic (exact) mass is 343 g/mol. The first-order valence-corrected chi connectivity index (χ1v) is 8.92. The third-order valence-electron chi connectivity index (χ3n) is 4.04. The zero-order chi connectivity index (χ0) is 16.9. The van der Waals surface area contributed by atoms with Gasteiger partial charge in [-0.05, 0) is 42.3 Å². The number of hydrogen-bond acceptors (Lipinski definition) is 3. The minimum Gasteiger partial charge on any atom is -0.349 e. The highest BCUT2D eigenvalue weighted by Gasteiger charge is 2.22. The molecule has 1 amide bonds. The first-order chi connectivity index (χ1) is 11.6. The van der Waals surface area contributed by atoms with Crippen LogP contribution in [-0.4, -0.2) is 17.4 Å². The molecule has 1 N–H and O–H groups in total. The standard InChI is InChI=1S/C19H18FNO2S/c20-14-7-5-13(6-8-14)17(22)9-10-19(23)21-16-11-12-24-18-4-2-1-3-15(16)18/h1-8,16H,9-12H2,(H,21,23)/t16-/m1/s1. The molecule has 0 fully saturated rings. The van der Waals surface area contributed by atoms with Crippen molar-refractivity contribution in [2.75, 3.05) is 5.75 Å². The summed E-state index contributed by atoms with van der Waals surface area (Å²) in [6.45, 7) is 0. The Hall–Kier alpha value is -2.14. The normalized spacial score (nSPS) is 16.3. The molecule has 5 heteroatoms. The van der Waals surface area contributed by atoms with Gasteiger partial charge >= 0.3 is 0 Å². The summed E-state index contributed by atoms with van der Waals surface area (Å²) in [5, 5.41) is 3.03. The zero-order valence-corrected chi connectivity index (χ0v) is 13.9. The number of thioether (sulfide) groups is 1.